The highest BCUT2D eigenvalue weighted by Crippen LogP contribution is 2.32. The van der Waals surface area contributed by atoms with Gasteiger partial charge in [0.15, 0.2) is 11.5 Å². The molecular formula is C33H34F3NO2. The summed E-state index contributed by atoms with van der Waals surface area (Å²) < 4.78 is 50.3. The predicted molar refractivity (Wildman–Crippen MR) is 149 cm³/mol. The molecule has 204 valence electrons. The van der Waals surface area contributed by atoms with E-state index in [1.807, 2.05) is 30.3 Å². The summed E-state index contributed by atoms with van der Waals surface area (Å²) >= 11 is 0. The van der Waals surface area contributed by atoms with Crippen LogP contribution in [0, 0.1) is 0 Å². The third-order valence-corrected chi connectivity index (χ3v) is 6.75. The van der Waals surface area contributed by atoms with E-state index in [-0.39, 0.29) is 12.6 Å². The normalized spacial score (nSPS) is 12.4. The standard InChI is InChI=1S/C33H34F3NO2/c1-24(37-19-18-30(27-11-5-3-6-12-27)28-13-7-4-8-14-28)20-25-16-17-31(32(22-25)38-2)39-23-26-10-9-15-29(21-26)33(34,35)36/h3-17,21-22,24,30,37H,18-20,23H2,1-2H3. The SMILES string of the molecule is COc1cc(CC(C)NCCC(c2ccccc2)c2ccccc2)ccc1OCc1cccc(C(F)(F)F)c1. The third kappa shape index (κ3) is 8.11. The summed E-state index contributed by atoms with van der Waals surface area (Å²) in [5.74, 6) is 1.37. The van der Waals surface area contributed by atoms with Gasteiger partial charge in [0, 0.05) is 12.0 Å². The molecule has 0 spiro atoms. The van der Waals surface area contributed by atoms with E-state index in [0.29, 0.717) is 23.0 Å². The highest BCUT2D eigenvalue weighted by molar-refractivity contribution is 5.43. The Balaban J connectivity index is 1.33. The second-order valence-electron chi connectivity index (χ2n) is 9.69. The number of alkyl halides is 3. The van der Waals surface area contributed by atoms with Gasteiger partial charge in [-0.05, 0) is 72.8 Å². The first-order chi connectivity index (χ1) is 18.8. The van der Waals surface area contributed by atoms with Crippen LogP contribution in [0.1, 0.15) is 47.1 Å². The van der Waals surface area contributed by atoms with Crippen molar-refractivity contribution in [3.63, 3.8) is 0 Å². The van der Waals surface area contributed by atoms with Crippen molar-refractivity contribution in [3.8, 4) is 11.5 Å². The number of nitrogens with one attached hydrogen (secondary N) is 1. The lowest BCUT2D eigenvalue weighted by Crippen LogP contribution is -2.30. The molecule has 0 saturated heterocycles. The molecule has 0 aliphatic heterocycles. The van der Waals surface area contributed by atoms with Crippen LogP contribution in [0.5, 0.6) is 11.5 Å². The largest absolute Gasteiger partial charge is 0.493 e. The topological polar surface area (TPSA) is 30.5 Å². The summed E-state index contributed by atoms with van der Waals surface area (Å²) in [4.78, 5) is 0. The summed E-state index contributed by atoms with van der Waals surface area (Å²) in [5, 5.41) is 3.65. The van der Waals surface area contributed by atoms with Crippen molar-refractivity contribution in [1.29, 1.82) is 0 Å². The van der Waals surface area contributed by atoms with Crippen LogP contribution in [-0.2, 0) is 19.2 Å². The van der Waals surface area contributed by atoms with Crippen molar-refractivity contribution >= 4 is 0 Å². The van der Waals surface area contributed by atoms with Crippen molar-refractivity contribution in [2.75, 3.05) is 13.7 Å². The van der Waals surface area contributed by atoms with E-state index >= 15 is 0 Å². The van der Waals surface area contributed by atoms with Crippen molar-refractivity contribution in [3.05, 3.63) is 131 Å². The van der Waals surface area contributed by atoms with Gasteiger partial charge in [-0.3, -0.25) is 0 Å². The molecule has 0 bridgehead atoms. The van der Waals surface area contributed by atoms with Crippen LogP contribution in [0.4, 0.5) is 13.2 Å². The zero-order valence-corrected chi connectivity index (χ0v) is 22.2. The maximum Gasteiger partial charge on any atom is 0.416 e. The van der Waals surface area contributed by atoms with E-state index in [1.54, 1.807) is 13.2 Å². The molecule has 0 aliphatic carbocycles. The number of ether oxygens (including phenoxy) is 2. The van der Waals surface area contributed by atoms with Crippen molar-refractivity contribution < 1.29 is 22.6 Å². The molecule has 1 atom stereocenters. The molecule has 0 aliphatic rings. The minimum Gasteiger partial charge on any atom is -0.493 e. The molecule has 0 heterocycles. The molecule has 0 saturated carbocycles. The fourth-order valence-electron chi connectivity index (χ4n) is 4.75. The third-order valence-electron chi connectivity index (χ3n) is 6.75. The number of hydrogen-bond donors (Lipinski definition) is 1. The van der Waals surface area contributed by atoms with Gasteiger partial charge in [-0.1, -0.05) is 78.9 Å². The monoisotopic (exact) mass is 533 g/mol. The molecule has 0 radical (unpaired) electrons. The van der Waals surface area contributed by atoms with Crippen LogP contribution < -0.4 is 14.8 Å². The summed E-state index contributed by atoms with van der Waals surface area (Å²) in [5.41, 5.74) is 3.46. The van der Waals surface area contributed by atoms with Crippen LogP contribution in [0.15, 0.2) is 103 Å². The molecule has 4 aromatic rings. The molecule has 3 nitrogen and oxygen atoms in total. The Morgan fingerprint density at radius 2 is 1.41 bits per heavy atom. The number of hydrogen-bond acceptors (Lipinski definition) is 3. The maximum atomic E-state index is 13.0. The van der Waals surface area contributed by atoms with E-state index in [0.717, 1.165) is 37.1 Å². The first-order valence-corrected chi connectivity index (χ1v) is 13.1. The minimum atomic E-state index is -4.38. The first kappa shape index (κ1) is 28.2. The molecule has 39 heavy (non-hydrogen) atoms. The van der Waals surface area contributed by atoms with Crippen LogP contribution >= 0.6 is 0 Å². The van der Waals surface area contributed by atoms with Gasteiger partial charge in [0.25, 0.3) is 0 Å². The zero-order chi connectivity index (χ0) is 27.7. The second-order valence-corrected chi connectivity index (χ2v) is 9.69. The predicted octanol–water partition coefficient (Wildman–Crippen LogP) is 8.04. The van der Waals surface area contributed by atoms with Crippen LogP contribution in [0.2, 0.25) is 0 Å². The van der Waals surface area contributed by atoms with Gasteiger partial charge in [-0.2, -0.15) is 13.2 Å². The fraction of sp³-hybridized carbons (Fsp3) is 0.273. The van der Waals surface area contributed by atoms with Crippen LogP contribution in [0.3, 0.4) is 0 Å². The average Bonchev–Trinajstić information content (AvgIpc) is 2.95. The first-order valence-electron chi connectivity index (χ1n) is 13.1. The van der Waals surface area contributed by atoms with Crippen LogP contribution in [-0.4, -0.2) is 19.7 Å². The highest BCUT2D eigenvalue weighted by Gasteiger charge is 2.30. The van der Waals surface area contributed by atoms with Crippen molar-refractivity contribution in [2.45, 2.75) is 44.5 Å². The van der Waals surface area contributed by atoms with Gasteiger partial charge < -0.3 is 14.8 Å². The lowest BCUT2D eigenvalue weighted by atomic mass is 9.88. The molecule has 1 unspecified atom stereocenters. The van der Waals surface area contributed by atoms with Gasteiger partial charge in [0.1, 0.15) is 6.61 Å². The van der Waals surface area contributed by atoms with Gasteiger partial charge in [0.05, 0.1) is 12.7 Å². The fourth-order valence-corrected chi connectivity index (χ4v) is 4.75. The zero-order valence-electron chi connectivity index (χ0n) is 22.2. The molecule has 0 amide bonds. The van der Waals surface area contributed by atoms with Crippen molar-refractivity contribution in [1.82, 2.24) is 5.32 Å². The molecule has 0 fully saturated rings. The Morgan fingerprint density at radius 3 is 2.03 bits per heavy atom. The smallest absolute Gasteiger partial charge is 0.416 e. The quantitative estimate of drug-likeness (QED) is 0.200. The van der Waals surface area contributed by atoms with E-state index in [2.05, 4.69) is 60.8 Å². The van der Waals surface area contributed by atoms with E-state index in [4.69, 9.17) is 9.47 Å². The minimum absolute atomic E-state index is 0.0155. The Labute approximate surface area is 228 Å². The van der Waals surface area contributed by atoms with Crippen molar-refractivity contribution in [2.24, 2.45) is 0 Å². The molecule has 1 N–H and O–H groups in total. The summed E-state index contributed by atoms with van der Waals surface area (Å²) in [6.45, 7) is 3.04. The molecule has 4 aromatic carbocycles. The number of benzene rings is 4. The highest BCUT2D eigenvalue weighted by atomic mass is 19.4. The van der Waals surface area contributed by atoms with E-state index in [1.165, 1.54) is 17.2 Å². The van der Waals surface area contributed by atoms with E-state index < -0.39 is 11.7 Å². The lowest BCUT2D eigenvalue weighted by Gasteiger charge is -2.21. The molecule has 0 aromatic heterocycles. The van der Waals surface area contributed by atoms with Gasteiger partial charge in [-0.15, -0.1) is 0 Å². The maximum absolute atomic E-state index is 13.0. The average molecular weight is 534 g/mol. The number of halogens is 3. The summed E-state index contributed by atoms with van der Waals surface area (Å²) in [6.07, 6.45) is -2.61. The molecule has 6 heteroatoms. The van der Waals surface area contributed by atoms with Crippen LogP contribution in [0.25, 0.3) is 0 Å². The number of rotatable bonds is 12. The Morgan fingerprint density at radius 1 is 0.744 bits per heavy atom. The van der Waals surface area contributed by atoms with Gasteiger partial charge >= 0.3 is 6.18 Å². The molecular weight excluding hydrogens is 499 g/mol. The lowest BCUT2D eigenvalue weighted by molar-refractivity contribution is -0.137. The molecule has 4 rings (SSSR count). The summed E-state index contributed by atoms with van der Waals surface area (Å²) in [6, 6.07) is 32.3. The van der Waals surface area contributed by atoms with Gasteiger partial charge in [0.2, 0.25) is 0 Å². The Bertz CT molecular complexity index is 1270. The summed E-state index contributed by atoms with van der Waals surface area (Å²) in [7, 11) is 1.56. The van der Waals surface area contributed by atoms with E-state index in [9.17, 15) is 13.2 Å². The number of methoxy groups -OCH3 is 1. The van der Waals surface area contributed by atoms with Gasteiger partial charge in [-0.25, -0.2) is 0 Å². The Hall–Kier alpha value is -3.77. The Kier molecular flexibility index (Phi) is 9.66. The second kappa shape index (κ2) is 13.3.